The highest BCUT2D eigenvalue weighted by Crippen LogP contribution is 2.16. The first-order valence-electron chi connectivity index (χ1n) is 6.65. The Morgan fingerprint density at radius 2 is 2.05 bits per heavy atom. The number of aromatic carboxylic acids is 1. The summed E-state index contributed by atoms with van der Waals surface area (Å²) < 4.78 is 10.3. The minimum absolute atomic E-state index is 0.117. The fraction of sp³-hybridized carbons (Fsp3) is 0.267. The minimum Gasteiger partial charge on any atom is -0.476 e. The van der Waals surface area contributed by atoms with Gasteiger partial charge in [0.2, 0.25) is 5.89 Å². The molecule has 2 aromatic rings. The fourth-order valence-electron chi connectivity index (χ4n) is 1.80. The molecule has 7 nitrogen and oxygen atoms in total. The number of carbonyl (C=O) groups excluding carboxylic acids is 1. The van der Waals surface area contributed by atoms with E-state index in [1.54, 1.807) is 6.92 Å². The van der Waals surface area contributed by atoms with Crippen LogP contribution in [0.15, 0.2) is 34.7 Å². The van der Waals surface area contributed by atoms with Gasteiger partial charge in [-0.25, -0.2) is 14.6 Å². The third-order valence-electron chi connectivity index (χ3n) is 2.93. The number of aromatic nitrogens is 1. The Bertz CT molecular complexity index is 666. The molecule has 1 heterocycles. The zero-order chi connectivity index (χ0) is 16.1. The van der Waals surface area contributed by atoms with Gasteiger partial charge in [-0.2, -0.15) is 0 Å². The summed E-state index contributed by atoms with van der Waals surface area (Å²) >= 11 is 0. The summed E-state index contributed by atoms with van der Waals surface area (Å²) in [5.74, 6) is -0.869. The fourth-order valence-corrected chi connectivity index (χ4v) is 1.80. The molecule has 0 aliphatic carbocycles. The molecule has 1 aromatic heterocycles. The Morgan fingerprint density at radius 1 is 1.36 bits per heavy atom. The van der Waals surface area contributed by atoms with Gasteiger partial charge in [0.25, 0.3) is 0 Å². The third kappa shape index (κ3) is 3.85. The number of ether oxygens (including phenoxy) is 1. The van der Waals surface area contributed by atoms with Crippen molar-refractivity contribution >= 4 is 12.1 Å². The van der Waals surface area contributed by atoms with Gasteiger partial charge in [0.1, 0.15) is 18.4 Å². The molecular formula is C15H16N2O5. The molecule has 0 fully saturated rings. The maximum atomic E-state index is 11.7. The van der Waals surface area contributed by atoms with E-state index in [1.165, 1.54) is 6.92 Å². The number of benzene rings is 1. The lowest BCUT2D eigenvalue weighted by atomic mass is 10.2. The number of nitrogens with one attached hydrogen (secondary N) is 1. The van der Waals surface area contributed by atoms with Crippen molar-refractivity contribution in [1.82, 2.24) is 10.3 Å². The van der Waals surface area contributed by atoms with E-state index in [0.717, 1.165) is 5.56 Å². The van der Waals surface area contributed by atoms with Crippen LogP contribution in [0.4, 0.5) is 4.79 Å². The standard InChI is InChI=1S/C15H16N2O5/c1-9(13-17-12(14(18)19)10(2)22-13)16-15(20)21-8-11-6-4-3-5-7-11/h3-7,9H,8H2,1-2H3,(H,16,20)(H,18,19)/t9-/m1/s1. The first-order valence-corrected chi connectivity index (χ1v) is 6.65. The van der Waals surface area contributed by atoms with Gasteiger partial charge < -0.3 is 19.6 Å². The van der Waals surface area contributed by atoms with E-state index in [-0.39, 0.29) is 24.0 Å². The van der Waals surface area contributed by atoms with E-state index < -0.39 is 18.1 Å². The maximum Gasteiger partial charge on any atom is 0.408 e. The van der Waals surface area contributed by atoms with Crippen LogP contribution in [0, 0.1) is 6.92 Å². The Labute approximate surface area is 126 Å². The number of hydrogen-bond donors (Lipinski definition) is 2. The molecule has 116 valence electrons. The van der Waals surface area contributed by atoms with E-state index in [9.17, 15) is 9.59 Å². The Balaban J connectivity index is 1.91. The summed E-state index contributed by atoms with van der Waals surface area (Å²) in [5, 5.41) is 11.5. The highest BCUT2D eigenvalue weighted by Gasteiger charge is 2.21. The summed E-state index contributed by atoms with van der Waals surface area (Å²) in [6.07, 6.45) is -0.635. The molecule has 2 N–H and O–H groups in total. The minimum atomic E-state index is -1.17. The van der Waals surface area contributed by atoms with E-state index in [4.69, 9.17) is 14.3 Å². The molecule has 0 aliphatic heterocycles. The van der Waals surface area contributed by atoms with Crippen LogP contribution in [0.25, 0.3) is 0 Å². The second-order valence-corrected chi connectivity index (χ2v) is 4.69. The summed E-state index contributed by atoms with van der Waals surface area (Å²) in [6, 6.07) is 8.65. The zero-order valence-corrected chi connectivity index (χ0v) is 12.2. The average molecular weight is 304 g/mol. The van der Waals surface area contributed by atoms with Crippen LogP contribution >= 0.6 is 0 Å². The van der Waals surface area contributed by atoms with E-state index in [2.05, 4.69) is 10.3 Å². The number of carboxylic acid groups (broad SMARTS) is 1. The van der Waals surface area contributed by atoms with Crippen molar-refractivity contribution in [2.24, 2.45) is 0 Å². The molecule has 0 saturated heterocycles. The smallest absolute Gasteiger partial charge is 0.408 e. The Kier molecular flexibility index (Phi) is 4.77. The van der Waals surface area contributed by atoms with Gasteiger partial charge >= 0.3 is 12.1 Å². The topological polar surface area (TPSA) is 102 Å². The zero-order valence-electron chi connectivity index (χ0n) is 12.2. The van der Waals surface area contributed by atoms with Gasteiger partial charge in [0, 0.05) is 0 Å². The van der Waals surface area contributed by atoms with Gasteiger partial charge in [-0.3, -0.25) is 0 Å². The van der Waals surface area contributed by atoms with Crippen molar-refractivity contribution in [3.05, 3.63) is 53.2 Å². The number of amides is 1. The molecule has 0 radical (unpaired) electrons. The highest BCUT2D eigenvalue weighted by atomic mass is 16.5. The van der Waals surface area contributed by atoms with Gasteiger partial charge in [0.05, 0.1) is 0 Å². The van der Waals surface area contributed by atoms with Gasteiger partial charge in [-0.1, -0.05) is 30.3 Å². The highest BCUT2D eigenvalue weighted by molar-refractivity contribution is 5.86. The molecule has 1 aromatic carbocycles. The second kappa shape index (κ2) is 6.75. The van der Waals surface area contributed by atoms with Crippen LogP contribution in [-0.4, -0.2) is 22.2 Å². The van der Waals surface area contributed by atoms with Crippen LogP contribution in [-0.2, 0) is 11.3 Å². The number of aryl methyl sites for hydroxylation is 1. The molecule has 22 heavy (non-hydrogen) atoms. The summed E-state index contributed by atoms with van der Waals surface area (Å²) in [4.78, 5) is 26.5. The molecule has 0 bridgehead atoms. The molecule has 1 atom stereocenters. The average Bonchev–Trinajstić information content (AvgIpc) is 2.88. The van der Waals surface area contributed by atoms with Crippen LogP contribution in [0.3, 0.4) is 0 Å². The molecule has 0 unspecified atom stereocenters. The molecule has 7 heteroatoms. The van der Waals surface area contributed by atoms with Gasteiger partial charge in [-0.05, 0) is 19.4 Å². The lowest BCUT2D eigenvalue weighted by Crippen LogP contribution is -2.27. The molecule has 2 rings (SSSR count). The van der Waals surface area contributed by atoms with Crippen molar-refractivity contribution in [3.63, 3.8) is 0 Å². The Morgan fingerprint density at radius 3 is 2.64 bits per heavy atom. The number of carboxylic acids is 1. The van der Waals surface area contributed by atoms with Gasteiger partial charge in [0.15, 0.2) is 5.69 Å². The van der Waals surface area contributed by atoms with E-state index >= 15 is 0 Å². The first kappa shape index (κ1) is 15.6. The van der Waals surface area contributed by atoms with Crippen molar-refractivity contribution in [1.29, 1.82) is 0 Å². The monoisotopic (exact) mass is 304 g/mol. The molecular weight excluding hydrogens is 288 g/mol. The first-order chi connectivity index (χ1) is 10.5. The number of hydrogen-bond acceptors (Lipinski definition) is 5. The van der Waals surface area contributed by atoms with Crippen LogP contribution in [0.2, 0.25) is 0 Å². The van der Waals surface area contributed by atoms with Crippen molar-refractivity contribution in [3.8, 4) is 0 Å². The molecule has 0 aliphatic rings. The SMILES string of the molecule is Cc1oc([C@@H](C)NC(=O)OCc2ccccc2)nc1C(=O)O. The van der Waals surface area contributed by atoms with Crippen molar-refractivity contribution in [2.75, 3.05) is 0 Å². The third-order valence-corrected chi connectivity index (χ3v) is 2.93. The lowest BCUT2D eigenvalue weighted by Gasteiger charge is -2.11. The largest absolute Gasteiger partial charge is 0.476 e. The lowest BCUT2D eigenvalue weighted by molar-refractivity contribution is 0.0689. The normalized spacial score (nSPS) is 11.7. The van der Waals surface area contributed by atoms with Crippen LogP contribution < -0.4 is 5.32 Å². The number of rotatable bonds is 5. The van der Waals surface area contributed by atoms with E-state index in [1.807, 2.05) is 30.3 Å². The predicted molar refractivity (Wildman–Crippen MR) is 76.4 cm³/mol. The maximum absolute atomic E-state index is 11.7. The second-order valence-electron chi connectivity index (χ2n) is 4.69. The van der Waals surface area contributed by atoms with E-state index in [0.29, 0.717) is 0 Å². The molecule has 0 saturated carbocycles. The number of carbonyl (C=O) groups is 2. The predicted octanol–water partition coefficient (Wildman–Crippen LogP) is 2.67. The summed E-state index contributed by atoms with van der Waals surface area (Å²) in [5.41, 5.74) is 0.701. The number of oxazole rings is 1. The molecule has 0 spiro atoms. The van der Waals surface area contributed by atoms with Crippen LogP contribution in [0.5, 0.6) is 0 Å². The van der Waals surface area contributed by atoms with Crippen molar-refractivity contribution < 1.29 is 23.8 Å². The molecule has 1 amide bonds. The number of nitrogens with zero attached hydrogens (tertiary/aromatic N) is 1. The van der Waals surface area contributed by atoms with Gasteiger partial charge in [-0.15, -0.1) is 0 Å². The number of alkyl carbamates (subject to hydrolysis) is 1. The quantitative estimate of drug-likeness (QED) is 0.880. The van der Waals surface area contributed by atoms with Crippen molar-refractivity contribution in [2.45, 2.75) is 26.5 Å². The summed E-state index contributed by atoms with van der Waals surface area (Å²) in [7, 11) is 0. The summed E-state index contributed by atoms with van der Waals surface area (Å²) in [6.45, 7) is 3.27. The van der Waals surface area contributed by atoms with Crippen LogP contribution in [0.1, 0.15) is 40.7 Å². The Hall–Kier alpha value is -2.83.